The van der Waals surface area contributed by atoms with Crippen molar-refractivity contribution in [2.45, 2.75) is 32.4 Å². The van der Waals surface area contributed by atoms with Crippen LogP contribution in [0.5, 0.6) is 5.75 Å². The fourth-order valence-corrected chi connectivity index (χ4v) is 1.36. The van der Waals surface area contributed by atoms with Gasteiger partial charge < -0.3 is 15.5 Å². The molecule has 0 amide bonds. The first-order valence-electron chi connectivity index (χ1n) is 5.39. The second kappa shape index (κ2) is 6.43. The molecule has 1 atom stereocenters. The van der Waals surface area contributed by atoms with E-state index in [9.17, 15) is 10.2 Å². The highest BCUT2D eigenvalue weighted by atomic mass is 16.3. The number of hydrogen-bond acceptors (Lipinski definition) is 3. The number of phenolic OH excluding ortho intramolecular Hbond substituents is 1. The summed E-state index contributed by atoms with van der Waals surface area (Å²) in [4.78, 5) is 0. The highest BCUT2D eigenvalue weighted by Gasteiger charge is 2.01. The molecule has 3 nitrogen and oxygen atoms in total. The molecule has 0 fully saturated rings. The molecule has 3 N–H and O–H groups in total. The number of hydrogen-bond donors (Lipinski definition) is 3. The Bertz CT molecular complexity index is 289. The van der Waals surface area contributed by atoms with Gasteiger partial charge in [-0.3, -0.25) is 0 Å². The van der Waals surface area contributed by atoms with Crippen LogP contribution >= 0.6 is 0 Å². The van der Waals surface area contributed by atoms with Crippen molar-refractivity contribution in [2.75, 3.05) is 6.54 Å². The van der Waals surface area contributed by atoms with Crippen molar-refractivity contribution in [3.05, 3.63) is 29.8 Å². The SMILES string of the molecule is CCC(O)CCNCc1ccccc1O. The Labute approximate surface area is 90.8 Å². The normalized spacial score (nSPS) is 12.7. The van der Waals surface area contributed by atoms with Crippen LogP contribution in [0.25, 0.3) is 0 Å². The van der Waals surface area contributed by atoms with Crippen molar-refractivity contribution >= 4 is 0 Å². The molecule has 0 heterocycles. The number of aliphatic hydroxyl groups is 1. The van der Waals surface area contributed by atoms with Crippen LogP contribution in [0.4, 0.5) is 0 Å². The maximum atomic E-state index is 9.48. The average molecular weight is 209 g/mol. The third-order valence-corrected chi connectivity index (χ3v) is 2.43. The Kier molecular flexibility index (Phi) is 5.15. The van der Waals surface area contributed by atoms with Gasteiger partial charge in [-0.2, -0.15) is 0 Å². The van der Waals surface area contributed by atoms with Crippen molar-refractivity contribution in [3.8, 4) is 5.75 Å². The molecule has 1 unspecified atom stereocenters. The topological polar surface area (TPSA) is 52.5 Å². The zero-order valence-corrected chi connectivity index (χ0v) is 9.11. The molecule has 0 radical (unpaired) electrons. The van der Waals surface area contributed by atoms with Crippen molar-refractivity contribution in [1.29, 1.82) is 0 Å². The third kappa shape index (κ3) is 4.32. The predicted octanol–water partition coefficient (Wildman–Crippen LogP) is 1.64. The van der Waals surface area contributed by atoms with Gasteiger partial charge in [0.1, 0.15) is 5.75 Å². The van der Waals surface area contributed by atoms with E-state index >= 15 is 0 Å². The predicted molar refractivity (Wildman–Crippen MR) is 60.7 cm³/mol. The molecule has 3 heteroatoms. The average Bonchev–Trinajstić information content (AvgIpc) is 2.26. The van der Waals surface area contributed by atoms with Gasteiger partial charge in [0.05, 0.1) is 6.10 Å². The molecule has 0 aliphatic carbocycles. The Morgan fingerprint density at radius 1 is 1.33 bits per heavy atom. The zero-order valence-electron chi connectivity index (χ0n) is 9.11. The van der Waals surface area contributed by atoms with Crippen molar-refractivity contribution in [1.82, 2.24) is 5.32 Å². The van der Waals surface area contributed by atoms with E-state index in [4.69, 9.17) is 0 Å². The van der Waals surface area contributed by atoms with Gasteiger partial charge in [-0.1, -0.05) is 25.1 Å². The number of phenols is 1. The molecule has 84 valence electrons. The summed E-state index contributed by atoms with van der Waals surface area (Å²) in [5, 5.41) is 22.0. The molecule has 0 bridgehead atoms. The van der Waals surface area contributed by atoms with Gasteiger partial charge in [0.15, 0.2) is 0 Å². The molecule has 1 rings (SSSR count). The van der Waals surface area contributed by atoms with E-state index in [0.29, 0.717) is 12.3 Å². The molecular formula is C12H19NO2. The van der Waals surface area contributed by atoms with Crippen LogP contribution in [0.15, 0.2) is 24.3 Å². The van der Waals surface area contributed by atoms with E-state index in [2.05, 4.69) is 5.32 Å². The van der Waals surface area contributed by atoms with E-state index in [1.54, 1.807) is 12.1 Å². The van der Waals surface area contributed by atoms with Crippen LogP contribution in [0, 0.1) is 0 Å². The summed E-state index contributed by atoms with van der Waals surface area (Å²) in [6, 6.07) is 7.27. The standard InChI is InChI=1S/C12H19NO2/c1-2-11(14)7-8-13-9-10-5-3-4-6-12(10)15/h3-6,11,13-15H,2,7-9H2,1H3. The van der Waals surface area contributed by atoms with Gasteiger partial charge in [-0.25, -0.2) is 0 Å². The zero-order chi connectivity index (χ0) is 11.1. The van der Waals surface area contributed by atoms with Crippen LogP contribution in [0.2, 0.25) is 0 Å². The van der Waals surface area contributed by atoms with E-state index in [0.717, 1.165) is 24.9 Å². The van der Waals surface area contributed by atoms with Crippen molar-refractivity contribution < 1.29 is 10.2 Å². The maximum Gasteiger partial charge on any atom is 0.120 e. The molecule has 0 spiro atoms. The molecule has 1 aromatic carbocycles. The minimum Gasteiger partial charge on any atom is -0.508 e. The second-order valence-electron chi connectivity index (χ2n) is 3.66. The third-order valence-electron chi connectivity index (χ3n) is 2.43. The van der Waals surface area contributed by atoms with E-state index in [1.165, 1.54) is 0 Å². The number of nitrogens with one attached hydrogen (secondary N) is 1. The van der Waals surface area contributed by atoms with Gasteiger partial charge in [-0.05, 0) is 25.5 Å². The lowest BCUT2D eigenvalue weighted by Crippen LogP contribution is -2.19. The summed E-state index contributed by atoms with van der Waals surface area (Å²) in [7, 11) is 0. The highest BCUT2D eigenvalue weighted by Crippen LogP contribution is 2.14. The smallest absolute Gasteiger partial charge is 0.120 e. The fourth-order valence-electron chi connectivity index (χ4n) is 1.36. The van der Waals surface area contributed by atoms with Crippen molar-refractivity contribution in [3.63, 3.8) is 0 Å². The van der Waals surface area contributed by atoms with Gasteiger partial charge in [0.25, 0.3) is 0 Å². The second-order valence-corrected chi connectivity index (χ2v) is 3.66. The van der Waals surface area contributed by atoms with Gasteiger partial charge in [0.2, 0.25) is 0 Å². The number of para-hydroxylation sites is 1. The molecule has 0 aromatic heterocycles. The van der Waals surface area contributed by atoms with Crippen LogP contribution in [0.1, 0.15) is 25.3 Å². The summed E-state index contributed by atoms with van der Waals surface area (Å²) in [6.07, 6.45) is 1.32. The first-order chi connectivity index (χ1) is 7.24. The summed E-state index contributed by atoms with van der Waals surface area (Å²) < 4.78 is 0. The first kappa shape index (κ1) is 12.0. The summed E-state index contributed by atoms with van der Waals surface area (Å²) >= 11 is 0. The Morgan fingerprint density at radius 3 is 2.73 bits per heavy atom. The molecule has 15 heavy (non-hydrogen) atoms. The van der Waals surface area contributed by atoms with Gasteiger partial charge in [-0.15, -0.1) is 0 Å². The molecule has 0 saturated carbocycles. The van der Waals surface area contributed by atoms with Crippen LogP contribution in [-0.4, -0.2) is 22.9 Å². The van der Waals surface area contributed by atoms with E-state index in [-0.39, 0.29) is 6.10 Å². The Hall–Kier alpha value is -1.06. The lowest BCUT2D eigenvalue weighted by atomic mass is 10.2. The summed E-state index contributed by atoms with van der Waals surface area (Å²) in [5.74, 6) is 0.320. The monoisotopic (exact) mass is 209 g/mol. The molecule has 0 aliphatic rings. The highest BCUT2D eigenvalue weighted by molar-refractivity contribution is 5.31. The summed E-state index contributed by atoms with van der Waals surface area (Å²) in [6.45, 7) is 3.38. The quantitative estimate of drug-likeness (QED) is 0.624. The largest absolute Gasteiger partial charge is 0.508 e. The van der Waals surface area contributed by atoms with Crippen LogP contribution in [-0.2, 0) is 6.54 Å². The molecule has 1 aromatic rings. The minimum atomic E-state index is -0.220. The number of aliphatic hydroxyl groups excluding tert-OH is 1. The molecule has 0 saturated heterocycles. The van der Waals surface area contributed by atoms with Crippen LogP contribution in [0.3, 0.4) is 0 Å². The van der Waals surface area contributed by atoms with Gasteiger partial charge in [0, 0.05) is 12.1 Å². The van der Waals surface area contributed by atoms with Gasteiger partial charge >= 0.3 is 0 Å². The van der Waals surface area contributed by atoms with Crippen LogP contribution < -0.4 is 5.32 Å². The first-order valence-corrected chi connectivity index (χ1v) is 5.39. The summed E-state index contributed by atoms with van der Waals surface area (Å²) in [5.41, 5.74) is 0.892. The lowest BCUT2D eigenvalue weighted by molar-refractivity contribution is 0.159. The maximum absolute atomic E-state index is 9.48. The Balaban J connectivity index is 2.23. The van der Waals surface area contributed by atoms with E-state index < -0.39 is 0 Å². The number of aromatic hydroxyl groups is 1. The number of rotatable bonds is 6. The Morgan fingerprint density at radius 2 is 2.07 bits per heavy atom. The minimum absolute atomic E-state index is 0.220. The number of benzene rings is 1. The van der Waals surface area contributed by atoms with E-state index in [1.807, 2.05) is 19.1 Å². The lowest BCUT2D eigenvalue weighted by Gasteiger charge is -2.09. The molecule has 0 aliphatic heterocycles. The molecular weight excluding hydrogens is 190 g/mol. The van der Waals surface area contributed by atoms with Crippen molar-refractivity contribution in [2.24, 2.45) is 0 Å². The fraction of sp³-hybridized carbons (Fsp3) is 0.500.